The van der Waals surface area contributed by atoms with Gasteiger partial charge in [-0.05, 0) is 69.1 Å². The van der Waals surface area contributed by atoms with Crippen molar-refractivity contribution in [2.45, 2.75) is 27.2 Å². The minimum Gasteiger partial charge on any atom is -0.372 e. The summed E-state index contributed by atoms with van der Waals surface area (Å²) in [5, 5.41) is 0. The van der Waals surface area contributed by atoms with Crippen LogP contribution in [-0.4, -0.2) is 43.3 Å². The number of aromatic amines is 1. The van der Waals surface area contributed by atoms with Crippen LogP contribution in [0.5, 0.6) is 0 Å². The summed E-state index contributed by atoms with van der Waals surface area (Å²) >= 11 is 0. The largest absolute Gasteiger partial charge is 0.586 e. The second kappa shape index (κ2) is 12.1. The number of hydrogen-bond acceptors (Lipinski definition) is 2. The Morgan fingerprint density at radius 1 is 1.13 bits per heavy atom. The zero-order valence-electron chi connectivity index (χ0n) is 18.5. The number of anilines is 1. The number of aromatic nitrogens is 1. The van der Waals surface area contributed by atoms with Crippen LogP contribution in [0.15, 0.2) is 48.2 Å². The molecule has 0 amide bonds. The van der Waals surface area contributed by atoms with Crippen LogP contribution in [0.25, 0.3) is 17.7 Å². The summed E-state index contributed by atoms with van der Waals surface area (Å²) in [6, 6.07) is 10.8. The number of allylic oxidation sites excluding steroid dienone is 2. The van der Waals surface area contributed by atoms with E-state index in [9.17, 15) is 0 Å². The third-order valence-corrected chi connectivity index (χ3v) is 5.30. The van der Waals surface area contributed by atoms with Crippen LogP contribution >= 0.6 is 0 Å². The Kier molecular flexibility index (Phi) is 10.2. The molecule has 1 aromatic carbocycles. The highest BCUT2D eigenvalue weighted by atomic mass is 19.0. The monoisotopic (exact) mass is 425 g/mol. The van der Waals surface area contributed by atoms with Gasteiger partial charge in [0.1, 0.15) is 6.21 Å². The summed E-state index contributed by atoms with van der Waals surface area (Å²) in [5.74, 6) is 0. The van der Waals surface area contributed by atoms with Gasteiger partial charge in [0.2, 0.25) is 0 Å². The quantitative estimate of drug-likeness (QED) is 0.615. The molecule has 1 aliphatic rings. The first-order valence-electron chi connectivity index (χ1n) is 10.3. The molecule has 4 nitrogen and oxygen atoms in total. The van der Waals surface area contributed by atoms with E-state index in [1.165, 1.54) is 16.8 Å². The van der Waals surface area contributed by atoms with Gasteiger partial charge in [0, 0.05) is 42.2 Å². The summed E-state index contributed by atoms with van der Waals surface area (Å²) in [6.45, 7) is 9.08. The minimum absolute atomic E-state index is 0. The fourth-order valence-corrected chi connectivity index (χ4v) is 3.73. The van der Waals surface area contributed by atoms with Crippen LogP contribution in [0, 0.1) is 6.92 Å². The lowest BCUT2D eigenvalue weighted by Crippen LogP contribution is -2.21. The Labute approximate surface area is 185 Å². The van der Waals surface area contributed by atoms with Gasteiger partial charge in [0.05, 0.1) is 5.69 Å². The number of nitrogens with zero attached hydrogens (tertiary/aromatic N) is 2. The third-order valence-electron chi connectivity index (χ3n) is 5.30. The first-order valence-corrected chi connectivity index (χ1v) is 10.3. The van der Waals surface area contributed by atoms with Crippen LogP contribution in [0.4, 0.5) is 15.1 Å². The van der Waals surface area contributed by atoms with Crippen molar-refractivity contribution < 1.29 is 13.9 Å². The van der Waals surface area contributed by atoms with E-state index >= 15 is 0 Å². The SMILES string of the molecule is F.F.[B][N+]1=CC=CC1=C(CCN)c1[nH]c(/C=C/c2ccc(N(CC)CC)cc2)cc1C. The van der Waals surface area contributed by atoms with Crippen molar-refractivity contribution in [1.82, 2.24) is 4.98 Å². The van der Waals surface area contributed by atoms with Gasteiger partial charge < -0.3 is 15.6 Å². The maximum Gasteiger partial charge on any atom is 0.586 e. The predicted molar refractivity (Wildman–Crippen MR) is 131 cm³/mol. The van der Waals surface area contributed by atoms with Crippen LogP contribution in [0.1, 0.15) is 42.8 Å². The molecule has 1 aromatic heterocycles. The molecule has 31 heavy (non-hydrogen) atoms. The highest BCUT2D eigenvalue weighted by Crippen LogP contribution is 2.27. The Balaban J connectivity index is 0.00000240. The van der Waals surface area contributed by atoms with Crippen LogP contribution in [0.3, 0.4) is 0 Å². The van der Waals surface area contributed by atoms with E-state index in [1.807, 2.05) is 18.4 Å². The number of hydrogen-bond donors (Lipinski definition) is 2. The molecule has 1 aliphatic heterocycles. The zero-order chi connectivity index (χ0) is 20.8. The van der Waals surface area contributed by atoms with E-state index in [-0.39, 0.29) is 9.41 Å². The Morgan fingerprint density at radius 3 is 2.35 bits per heavy atom. The van der Waals surface area contributed by atoms with Gasteiger partial charge in [-0.15, -0.1) is 0 Å². The number of aryl methyl sites for hydroxylation is 1. The van der Waals surface area contributed by atoms with Crippen molar-refractivity contribution in [2.24, 2.45) is 5.73 Å². The normalized spacial score (nSPS) is 14.3. The van der Waals surface area contributed by atoms with Gasteiger partial charge >= 0.3 is 7.98 Å². The average molecular weight is 425 g/mol. The Morgan fingerprint density at radius 2 is 1.81 bits per heavy atom. The Hall–Kier alpha value is -2.93. The van der Waals surface area contributed by atoms with Gasteiger partial charge in [-0.2, -0.15) is 0 Å². The van der Waals surface area contributed by atoms with E-state index in [0.29, 0.717) is 6.54 Å². The molecule has 0 aliphatic carbocycles. The van der Waals surface area contributed by atoms with Crippen LogP contribution in [0.2, 0.25) is 0 Å². The first kappa shape index (κ1) is 26.1. The smallest absolute Gasteiger partial charge is 0.372 e. The number of H-pyrrole nitrogens is 1. The molecular weight excluding hydrogens is 393 g/mol. The molecule has 7 heteroatoms. The summed E-state index contributed by atoms with van der Waals surface area (Å²) in [6.07, 6.45) is 10.8. The fraction of sp³-hybridized carbons (Fsp3) is 0.292. The number of nitrogens with two attached hydrogens (primary N) is 1. The van der Waals surface area contributed by atoms with Crippen molar-refractivity contribution >= 4 is 37.6 Å². The fourth-order valence-electron chi connectivity index (χ4n) is 3.73. The molecule has 0 fully saturated rings. The molecule has 0 unspecified atom stereocenters. The van der Waals surface area contributed by atoms with E-state index in [1.54, 1.807) is 4.49 Å². The van der Waals surface area contributed by atoms with E-state index in [0.717, 1.165) is 42.2 Å². The molecule has 2 heterocycles. The summed E-state index contributed by atoms with van der Waals surface area (Å²) < 4.78 is 1.65. The molecule has 3 rings (SSSR count). The second-order valence-electron chi connectivity index (χ2n) is 7.20. The molecule has 3 N–H and O–H groups in total. The molecule has 0 saturated carbocycles. The molecule has 164 valence electrons. The first-order chi connectivity index (χ1) is 14.1. The van der Waals surface area contributed by atoms with Crippen molar-refractivity contribution in [3.63, 3.8) is 0 Å². The maximum absolute atomic E-state index is 6.08. The molecular formula is C24H32BF2N4+. The van der Waals surface area contributed by atoms with E-state index < -0.39 is 0 Å². The number of rotatable bonds is 8. The van der Waals surface area contributed by atoms with Gasteiger partial charge in [-0.3, -0.25) is 13.9 Å². The highest BCUT2D eigenvalue weighted by molar-refractivity contribution is 6.01. The molecule has 2 radical (unpaired) electrons. The lowest BCUT2D eigenvalue weighted by atomic mass is 10.0. The van der Waals surface area contributed by atoms with Crippen LogP contribution < -0.4 is 10.6 Å². The topological polar surface area (TPSA) is 48.1 Å². The number of nitrogens with one attached hydrogen (secondary N) is 1. The molecule has 0 saturated heterocycles. The predicted octanol–water partition coefficient (Wildman–Crippen LogP) is 4.44. The summed E-state index contributed by atoms with van der Waals surface area (Å²) in [7, 11) is 6.08. The number of benzene rings is 1. The molecule has 0 spiro atoms. The number of halogens is 2. The summed E-state index contributed by atoms with van der Waals surface area (Å²) in [4.78, 5) is 5.89. The second-order valence-corrected chi connectivity index (χ2v) is 7.20. The van der Waals surface area contributed by atoms with Gasteiger partial charge in [-0.25, -0.2) is 0 Å². The average Bonchev–Trinajstić information content (AvgIpc) is 3.32. The zero-order valence-corrected chi connectivity index (χ0v) is 18.5. The van der Waals surface area contributed by atoms with Crippen molar-refractivity contribution in [3.8, 4) is 0 Å². The van der Waals surface area contributed by atoms with Gasteiger partial charge in [0.25, 0.3) is 0 Å². The lowest BCUT2D eigenvalue weighted by Gasteiger charge is -2.20. The van der Waals surface area contributed by atoms with E-state index in [2.05, 4.69) is 73.1 Å². The lowest BCUT2D eigenvalue weighted by molar-refractivity contribution is -0.294. The van der Waals surface area contributed by atoms with E-state index in [4.69, 9.17) is 13.7 Å². The minimum atomic E-state index is 0. The third kappa shape index (κ3) is 6.04. The molecule has 0 bridgehead atoms. The van der Waals surface area contributed by atoms with Crippen LogP contribution in [-0.2, 0) is 0 Å². The summed E-state index contributed by atoms with van der Waals surface area (Å²) in [5.41, 5.74) is 13.8. The van der Waals surface area contributed by atoms with Crippen molar-refractivity contribution in [1.29, 1.82) is 0 Å². The Bertz CT molecular complexity index is 968. The standard InChI is InChI=1S/C24H30BN4.2FH/c1-4-28(5-2)21-12-9-19(10-13-21)8-11-20-17-18(3)24(27-20)22(14-15-26)23-7-6-16-29(23)25;;/h6-13,16-17,27H,4-5,14-15,26H2,1-3H3;2*1H/q+1;;. The highest BCUT2D eigenvalue weighted by Gasteiger charge is 2.20. The molecule has 2 aromatic rings. The van der Waals surface area contributed by atoms with Gasteiger partial charge in [0.15, 0.2) is 5.70 Å². The van der Waals surface area contributed by atoms with Gasteiger partial charge in [-0.1, -0.05) is 18.2 Å². The van der Waals surface area contributed by atoms with Crippen molar-refractivity contribution in [3.05, 3.63) is 70.7 Å². The van der Waals surface area contributed by atoms with Crippen molar-refractivity contribution in [2.75, 3.05) is 24.5 Å². The maximum atomic E-state index is 6.08. The molecule has 0 atom stereocenters.